The SMILES string of the molecule is COCCN1C(=O)C(=O)c2cc(C)cc(F)c21. The first-order valence-corrected chi connectivity index (χ1v) is 5.21. The summed E-state index contributed by atoms with van der Waals surface area (Å²) in [6, 6.07) is 2.84. The van der Waals surface area contributed by atoms with Gasteiger partial charge in [0.05, 0.1) is 17.9 Å². The van der Waals surface area contributed by atoms with Crippen molar-refractivity contribution in [1.29, 1.82) is 0 Å². The molecule has 0 N–H and O–H groups in total. The molecule has 0 aromatic heterocycles. The Hall–Kier alpha value is -1.75. The zero-order valence-corrected chi connectivity index (χ0v) is 9.62. The van der Waals surface area contributed by atoms with Crippen LogP contribution in [-0.2, 0) is 9.53 Å². The fourth-order valence-corrected chi connectivity index (χ4v) is 1.92. The molecule has 0 atom stereocenters. The predicted molar refractivity (Wildman–Crippen MR) is 59.7 cm³/mol. The smallest absolute Gasteiger partial charge is 0.299 e. The van der Waals surface area contributed by atoms with Crippen LogP contribution in [-0.4, -0.2) is 32.0 Å². The summed E-state index contributed by atoms with van der Waals surface area (Å²) in [4.78, 5) is 24.5. The van der Waals surface area contributed by atoms with Crippen molar-refractivity contribution in [2.75, 3.05) is 25.2 Å². The van der Waals surface area contributed by atoms with Crippen molar-refractivity contribution in [2.24, 2.45) is 0 Å². The molecule has 0 saturated heterocycles. The molecule has 0 saturated carbocycles. The lowest BCUT2D eigenvalue weighted by molar-refractivity contribution is -0.114. The highest BCUT2D eigenvalue weighted by Gasteiger charge is 2.37. The number of ether oxygens (including phenoxy) is 1. The number of aryl methyl sites for hydroxylation is 1. The van der Waals surface area contributed by atoms with E-state index in [1.165, 1.54) is 19.2 Å². The molecule has 1 aliphatic heterocycles. The maximum absolute atomic E-state index is 13.8. The highest BCUT2D eigenvalue weighted by Crippen LogP contribution is 2.32. The number of rotatable bonds is 3. The van der Waals surface area contributed by atoms with Gasteiger partial charge in [-0.2, -0.15) is 0 Å². The van der Waals surface area contributed by atoms with E-state index in [1.807, 2.05) is 0 Å². The molecule has 0 fully saturated rings. The molecular weight excluding hydrogens is 225 g/mol. The van der Waals surface area contributed by atoms with Gasteiger partial charge in [-0.1, -0.05) is 0 Å². The van der Waals surface area contributed by atoms with Gasteiger partial charge in [0, 0.05) is 13.7 Å². The highest BCUT2D eigenvalue weighted by molar-refractivity contribution is 6.52. The minimum Gasteiger partial charge on any atom is -0.383 e. The highest BCUT2D eigenvalue weighted by atomic mass is 19.1. The average molecular weight is 237 g/mol. The maximum atomic E-state index is 13.8. The van der Waals surface area contributed by atoms with E-state index in [4.69, 9.17) is 4.74 Å². The minimum absolute atomic E-state index is 0.0719. The number of ketones is 1. The Labute approximate surface area is 98.0 Å². The summed E-state index contributed by atoms with van der Waals surface area (Å²) in [6.07, 6.45) is 0. The summed E-state index contributed by atoms with van der Waals surface area (Å²) in [6.45, 7) is 2.11. The van der Waals surface area contributed by atoms with E-state index in [0.29, 0.717) is 5.56 Å². The van der Waals surface area contributed by atoms with E-state index in [1.54, 1.807) is 6.92 Å². The Morgan fingerprint density at radius 3 is 2.71 bits per heavy atom. The standard InChI is InChI=1S/C12H12FNO3/c1-7-5-8-10(9(13)6-7)14(3-4-17-2)12(16)11(8)15/h5-6H,3-4H2,1-2H3. The fraction of sp³-hybridized carbons (Fsp3) is 0.333. The van der Waals surface area contributed by atoms with Crippen LogP contribution in [0.25, 0.3) is 0 Å². The molecule has 1 amide bonds. The van der Waals surface area contributed by atoms with Gasteiger partial charge in [0.1, 0.15) is 5.82 Å². The molecule has 1 aromatic rings. The molecule has 0 aliphatic carbocycles. The number of methoxy groups -OCH3 is 1. The van der Waals surface area contributed by atoms with Gasteiger partial charge in [-0.15, -0.1) is 0 Å². The summed E-state index contributed by atoms with van der Waals surface area (Å²) >= 11 is 0. The van der Waals surface area contributed by atoms with E-state index in [2.05, 4.69) is 0 Å². The largest absolute Gasteiger partial charge is 0.383 e. The second-order valence-electron chi connectivity index (χ2n) is 3.92. The molecule has 1 aromatic carbocycles. The summed E-state index contributed by atoms with van der Waals surface area (Å²) in [5.41, 5.74) is 0.835. The Bertz CT molecular complexity index is 499. The topological polar surface area (TPSA) is 46.6 Å². The number of nitrogens with zero attached hydrogens (tertiary/aromatic N) is 1. The van der Waals surface area contributed by atoms with Crippen molar-refractivity contribution in [3.8, 4) is 0 Å². The Morgan fingerprint density at radius 1 is 1.35 bits per heavy atom. The minimum atomic E-state index is -0.693. The first-order chi connectivity index (χ1) is 8.06. The van der Waals surface area contributed by atoms with Gasteiger partial charge in [0.25, 0.3) is 11.7 Å². The van der Waals surface area contributed by atoms with Crippen molar-refractivity contribution in [3.05, 3.63) is 29.1 Å². The van der Waals surface area contributed by atoms with Gasteiger partial charge in [0.2, 0.25) is 0 Å². The average Bonchev–Trinajstić information content (AvgIpc) is 2.51. The number of fused-ring (bicyclic) bond motifs is 1. The first kappa shape index (κ1) is 11.7. The molecule has 0 unspecified atom stereocenters. The van der Waals surface area contributed by atoms with Crippen LogP contribution < -0.4 is 4.90 Å². The summed E-state index contributed by atoms with van der Waals surface area (Å²) in [5.74, 6) is -1.89. The number of halogens is 1. The Kier molecular flexibility index (Phi) is 2.93. The number of hydrogen-bond donors (Lipinski definition) is 0. The third-order valence-electron chi connectivity index (χ3n) is 2.68. The molecule has 0 bridgehead atoms. The molecule has 4 nitrogen and oxygen atoms in total. The third-order valence-corrected chi connectivity index (χ3v) is 2.68. The third kappa shape index (κ3) is 1.82. The number of carbonyl (C=O) groups is 2. The van der Waals surface area contributed by atoms with Gasteiger partial charge in [-0.25, -0.2) is 4.39 Å². The number of carbonyl (C=O) groups excluding carboxylic acids is 2. The summed E-state index contributed by atoms with van der Waals surface area (Å²) in [7, 11) is 1.48. The number of Topliss-reactive ketones (excluding diaryl/α,β-unsaturated/α-hetero) is 1. The maximum Gasteiger partial charge on any atom is 0.299 e. The lowest BCUT2D eigenvalue weighted by atomic mass is 10.1. The van der Waals surface area contributed by atoms with Crippen molar-refractivity contribution in [1.82, 2.24) is 0 Å². The second-order valence-corrected chi connectivity index (χ2v) is 3.92. The van der Waals surface area contributed by atoms with Crippen molar-refractivity contribution in [2.45, 2.75) is 6.92 Å². The molecule has 0 radical (unpaired) electrons. The number of amides is 1. The Morgan fingerprint density at radius 2 is 2.06 bits per heavy atom. The van der Waals surface area contributed by atoms with E-state index in [0.717, 1.165) is 4.90 Å². The number of anilines is 1. The van der Waals surface area contributed by atoms with Crippen LogP contribution in [0.5, 0.6) is 0 Å². The molecule has 17 heavy (non-hydrogen) atoms. The molecule has 90 valence electrons. The van der Waals surface area contributed by atoms with Gasteiger partial charge in [-0.05, 0) is 24.6 Å². The molecule has 0 spiro atoms. The fourth-order valence-electron chi connectivity index (χ4n) is 1.92. The summed E-state index contributed by atoms with van der Waals surface area (Å²) < 4.78 is 18.6. The van der Waals surface area contributed by atoms with Gasteiger partial charge in [-0.3, -0.25) is 14.5 Å². The Balaban J connectivity index is 2.48. The van der Waals surface area contributed by atoms with Crippen molar-refractivity contribution in [3.63, 3.8) is 0 Å². The molecule has 1 aliphatic rings. The lowest BCUT2D eigenvalue weighted by Gasteiger charge is -2.16. The van der Waals surface area contributed by atoms with Crippen molar-refractivity contribution < 1.29 is 18.7 Å². The monoisotopic (exact) mass is 237 g/mol. The van der Waals surface area contributed by atoms with Crippen LogP contribution in [0.1, 0.15) is 15.9 Å². The molecule has 1 heterocycles. The normalized spacial score (nSPS) is 14.4. The van der Waals surface area contributed by atoms with Gasteiger partial charge in [0.15, 0.2) is 0 Å². The van der Waals surface area contributed by atoms with Gasteiger partial charge < -0.3 is 4.74 Å². The molecular formula is C12H12FNO3. The van der Waals surface area contributed by atoms with Crippen LogP contribution in [0.4, 0.5) is 10.1 Å². The predicted octanol–water partition coefficient (Wildman–Crippen LogP) is 1.31. The second kappa shape index (κ2) is 4.25. The van der Waals surface area contributed by atoms with E-state index < -0.39 is 17.5 Å². The van der Waals surface area contributed by atoms with Crippen LogP contribution in [0.15, 0.2) is 12.1 Å². The van der Waals surface area contributed by atoms with E-state index >= 15 is 0 Å². The molecule has 2 rings (SSSR count). The number of benzene rings is 1. The quantitative estimate of drug-likeness (QED) is 0.745. The van der Waals surface area contributed by atoms with Crippen molar-refractivity contribution >= 4 is 17.4 Å². The van der Waals surface area contributed by atoms with Gasteiger partial charge >= 0.3 is 0 Å². The van der Waals surface area contributed by atoms with Crippen LogP contribution in [0, 0.1) is 12.7 Å². The van der Waals surface area contributed by atoms with Crippen LogP contribution >= 0.6 is 0 Å². The van der Waals surface area contributed by atoms with E-state index in [-0.39, 0.29) is 24.4 Å². The van der Waals surface area contributed by atoms with Crippen LogP contribution in [0.2, 0.25) is 0 Å². The lowest BCUT2D eigenvalue weighted by Crippen LogP contribution is -2.33. The van der Waals surface area contributed by atoms with E-state index in [9.17, 15) is 14.0 Å². The zero-order valence-electron chi connectivity index (χ0n) is 9.62. The zero-order chi connectivity index (χ0) is 12.6. The number of hydrogen-bond acceptors (Lipinski definition) is 3. The van der Waals surface area contributed by atoms with Crippen LogP contribution in [0.3, 0.4) is 0 Å². The molecule has 5 heteroatoms. The summed E-state index contributed by atoms with van der Waals surface area (Å²) in [5, 5.41) is 0. The first-order valence-electron chi connectivity index (χ1n) is 5.21.